The van der Waals surface area contributed by atoms with Crippen LogP contribution < -0.4 is 10.2 Å². The molecule has 1 aliphatic heterocycles. The number of hydrogen-bond donors (Lipinski definition) is 1. The average Bonchev–Trinajstić information content (AvgIpc) is 3.09. The maximum absolute atomic E-state index is 4.53. The lowest BCUT2D eigenvalue weighted by molar-refractivity contribution is 0.515. The molecular formula is C15H25N7. The van der Waals surface area contributed by atoms with Crippen molar-refractivity contribution in [1.29, 1.82) is 0 Å². The fourth-order valence-electron chi connectivity index (χ4n) is 3.30. The number of nitrogens with zero attached hydrogens (tertiary/aromatic N) is 6. The van der Waals surface area contributed by atoms with Crippen molar-refractivity contribution < 1.29 is 0 Å². The lowest BCUT2D eigenvalue weighted by Crippen LogP contribution is -2.23. The van der Waals surface area contributed by atoms with Crippen molar-refractivity contribution in [2.75, 3.05) is 19.0 Å². The molecule has 22 heavy (non-hydrogen) atoms. The van der Waals surface area contributed by atoms with Crippen LogP contribution in [0.4, 0.5) is 5.82 Å². The molecule has 2 aromatic heterocycles. The van der Waals surface area contributed by atoms with Crippen LogP contribution in [0.1, 0.15) is 42.3 Å². The summed E-state index contributed by atoms with van der Waals surface area (Å²) < 4.78 is 4.19. The van der Waals surface area contributed by atoms with E-state index in [-0.39, 0.29) is 6.04 Å². The Labute approximate surface area is 131 Å². The fraction of sp³-hybridized carbons (Fsp3) is 0.667. The summed E-state index contributed by atoms with van der Waals surface area (Å²) in [7, 11) is 6.09. The van der Waals surface area contributed by atoms with Gasteiger partial charge in [0.25, 0.3) is 0 Å². The van der Waals surface area contributed by atoms with Crippen molar-refractivity contribution in [3.8, 4) is 0 Å². The van der Waals surface area contributed by atoms with Gasteiger partial charge in [-0.3, -0.25) is 4.68 Å². The molecule has 0 spiro atoms. The molecule has 0 amide bonds. The second kappa shape index (κ2) is 5.72. The molecular weight excluding hydrogens is 278 g/mol. The van der Waals surface area contributed by atoms with E-state index >= 15 is 0 Å². The minimum atomic E-state index is 0.175. The Hall–Kier alpha value is -1.89. The third-order valence-corrected chi connectivity index (χ3v) is 4.35. The van der Waals surface area contributed by atoms with Crippen LogP contribution in [0.15, 0.2) is 0 Å². The van der Waals surface area contributed by atoms with E-state index < -0.39 is 0 Å². The molecule has 1 atom stereocenters. The van der Waals surface area contributed by atoms with Crippen molar-refractivity contribution in [3.05, 3.63) is 22.9 Å². The Bertz CT molecular complexity index is 668. The van der Waals surface area contributed by atoms with Gasteiger partial charge in [0.05, 0.1) is 11.7 Å². The molecule has 3 heterocycles. The summed E-state index contributed by atoms with van der Waals surface area (Å²) in [5.74, 6) is 3.30. The zero-order valence-corrected chi connectivity index (χ0v) is 14.1. The molecule has 0 bridgehead atoms. The van der Waals surface area contributed by atoms with Gasteiger partial charge in [0.1, 0.15) is 17.5 Å². The molecule has 0 unspecified atom stereocenters. The Morgan fingerprint density at radius 1 is 1.32 bits per heavy atom. The van der Waals surface area contributed by atoms with Gasteiger partial charge in [-0.05, 0) is 20.3 Å². The zero-order chi connectivity index (χ0) is 15.9. The molecule has 120 valence electrons. The summed E-state index contributed by atoms with van der Waals surface area (Å²) in [6.07, 6.45) is 2.23. The Balaban J connectivity index is 1.75. The van der Waals surface area contributed by atoms with Gasteiger partial charge in [0.2, 0.25) is 0 Å². The van der Waals surface area contributed by atoms with Crippen LogP contribution in [0.2, 0.25) is 0 Å². The molecule has 0 radical (unpaired) electrons. The van der Waals surface area contributed by atoms with Gasteiger partial charge >= 0.3 is 0 Å². The zero-order valence-electron chi connectivity index (χ0n) is 14.1. The summed E-state index contributed by atoms with van der Waals surface area (Å²) in [5.41, 5.74) is 2.30. The highest BCUT2D eigenvalue weighted by atomic mass is 15.4. The second-order valence-electron chi connectivity index (χ2n) is 6.24. The topological polar surface area (TPSA) is 63.8 Å². The largest absolute Gasteiger partial charge is 0.363 e. The highest BCUT2D eigenvalue weighted by molar-refractivity contribution is 5.48. The molecule has 7 nitrogen and oxygen atoms in total. The van der Waals surface area contributed by atoms with Crippen LogP contribution in [0, 0.1) is 6.92 Å². The number of anilines is 1. The fourth-order valence-corrected chi connectivity index (χ4v) is 3.30. The Morgan fingerprint density at radius 3 is 2.82 bits per heavy atom. The van der Waals surface area contributed by atoms with E-state index in [0.717, 1.165) is 42.7 Å². The molecule has 7 heteroatoms. The van der Waals surface area contributed by atoms with Crippen molar-refractivity contribution in [1.82, 2.24) is 29.9 Å². The first-order valence-electron chi connectivity index (χ1n) is 7.84. The van der Waals surface area contributed by atoms with E-state index in [9.17, 15) is 0 Å². The highest BCUT2D eigenvalue weighted by Crippen LogP contribution is 2.23. The lowest BCUT2D eigenvalue weighted by atomic mass is 10.2. The summed E-state index contributed by atoms with van der Waals surface area (Å²) >= 11 is 0. The molecule has 1 N–H and O–H groups in total. The molecule has 0 aromatic carbocycles. The quantitative estimate of drug-likeness (QED) is 0.899. The molecule has 0 aliphatic carbocycles. The molecule has 0 saturated heterocycles. The van der Waals surface area contributed by atoms with Crippen molar-refractivity contribution in [3.63, 3.8) is 0 Å². The number of aryl methyl sites for hydroxylation is 3. The van der Waals surface area contributed by atoms with E-state index in [1.54, 1.807) is 0 Å². The Kier molecular flexibility index (Phi) is 3.90. The van der Waals surface area contributed by atoms with Gasteiger partial charge in [0.15, 0.2) is 0 Å². The minimum Gasteiger partial charge on any atom is -0.363 e. The van der Waals surface area contributed by atoms with Crippen LogP contribution in [0.3, 0.4) is 0 Å². The number of nitrogens with one attached hydrogen (secondary N) is 1. The predicted molar refractivity (Wildman–Crippen MR) is 85.9 cm³/mol. The number of hydrogen-bond acceptors (Lipinski definition) is 5. The predicted octanol–water partition coefficient (Wildman–Crippen LogP) is 1.18. The molecule has 1 aliphatic rings. The number of rotatable bonds is 5. The summed E-state index contributed by atoms with van der Waals surface area (Å²) in [6, 6.07) is 0.175. The molecule has 3 rings (SSSR count). The van der Waals surface area contributed by atoms with Crippen LogP contribution in [0.5, 0.6) is 0 Å². The van der Waals surface area contributed by atoms with Crippen molar-refractivity contribution in [2.24, 2.45) is 7.05 Å². The SMILES string of the molecule is Cc1nn(C)c(N(C)C)c1CN[C@H](C)c1nnc2n1CCC2. The van der Waals surface area contributed by atoms with Gasteiger partial charge in [-0.2, -0.15) is 5.10 Å². The first-order valence-corrected chi connectivity index (χ1v) is 7.84. The monoisotopic (exact) mass is 303 g/mol. The van der Waals surface area contributed by atoms with Gasteiger partial charge in [0, 0.05) is 46.2 Å². The van der Waals surface area contributed by atoms with E-state index in [1.165, 1.54) is 12.0 Å². The van der Waals surface area contributed by atoms with Gasteiger partial charge in [-0.25, -0.2) is 0 Å². The van der Waals surface area contributed by atoms with Crippen LogP contribution in [0.25, 0.3) is 0 Å². The molecule has 0 saturated carbocycles. The number of fused-ring (bicyclic) bond motifs is 1. The first-order chi connectivity index (χ1) is 10.5. The summed E-state index contributed by atoms with van der Waals surface area (Å²) in [6.45, 7) is 6.02. The summed E-state index contributed by atoms with van der Waals surface area (Å²) in [4.78, 5) is 2.11. The number of aromatic nitrogens is 5. The minimum absolute atomic E-state index is 0.175. The van der Waals surface area contributed by atoms with E-state index in [0.29, 0.717) is 0 Å². The average molecular weight is 303 g/mol. The summed E-state index contributed by atoms with van der Waals surface area (Å²) in [5, 5.41) is 16.8. The standard InChI is InChI=1S/C15H25N7/c1-10-12(15(20(3)4)21(5)19-10)9-16-11(2)14-18-17-13-7-6-8-22(13)14/h11,16H,6-9H2,1-5H3/t11-/m1/s1. The third-order valence-electron chi connectivity index (χ3n) is 4.35. The maximum Gasteiger partial charge on any atom is 0.149 e. The normalized spacial score (nSPS) is 15.1. The van der Waals surface area contributed by atoms with Gasteiger partial charge in [-0.1, -0.05) is 0 Å². The van der Waals surface area contributed by atoms with E-state index in [1.807, 2.05) is 11.7 Å². The van der Waals surface area contributed by atoms with E-state index in [2.05, 4.69) is 58.0 Å². The first kappa shape index (κ1) is 15.0. The van der Waals surface area contributed by atoms with Crippen LogP contribution in [-0.4, -0.2) is 38.6 Å². The highest BCUT2D eigenvalue weighted by Gasteiger charge is 2.22. The second-order valence-corrected chi connectivity index (χ2v) is 6.24. The lowest BCUT2D eigenvalue weighted by Gasteiger charge is -2.18. The molecule has 0 fully saturated rings. The third kappa shape index (κ3) is 2.49. The van der Waals surface area contributed by atoms with Gasteiger partial charge in [-0.15, -0.1) is 10.2 Å². The van der Waals surface area contributed by atoms with Crippen molar-refractivity contribution >= 4 is 5.82 Å². The van der Waals surface area contributed by atoms with Crippen LogP contribution >= 0.6 is 0 Å². The molecule has 2 aromatic rings. The van der Waals surface area contributed by atoms with Gasteiger partial charge < -0.3 is 14.8 Å². The van der Waals surface area contributed by atoms with Crippen LogP contribution in [-0.2, 0) is 26.6 Å². The van der Waals surface area contributed by atoms with E-state index in [4.69, 9.17) is 0 Å². The Morgan fingerprint density at radius 2 is 2.09 bits per heavy atom. The smallest absolute Gasteiger partial charge is 0.149 e. The maximum atomic E-state index is 4.53. The van der Waals surface area contributed by atoms with Crippen molar-refractivity contribution in [2.45, 2.75) is 45.8 Å².